The fourth-order valence-corrected chi connectivity index (χ4v) is 11.0. The Bertz CT molecular complexity index is 2800. The van der Waals surface area contributed by atoms with Crippen LogP contribution in [-0.2, 0) is 32.0 Å². The van der Waals surface area contributed by atoms with E-state index >= 15 is 0 Å². The van der Waals surface area contributed by atoms with Crippen molar-refractivity contribution in [3.63, 3.8) is 0 Å². The van der Waals surface area contributed by atoms with Gasteiger partial charge in [-0.15, -0.1) is 0 Å². The number of phosphoric acid groups is 2. The van der Waals surface area contributed by atoms with E-state index in [9.17, 15) is 63.9 Å². The number of nitrogen functional groups attached to an aromatic ring is 1. The van der Waals surface area contributed by atoms with Crippen LogP contribution in [0.2, 0.25) is 0 Å². The Hall–Kier alpha value is -5.35. The Balaban J connectivity index is 0.972. The predicted octanol–water partition coefficient (Wildman–Crippen LogP) is -1.10. The van der Waals surface area contributed by atoms with Gasteiger partial charge in [0.25, 0.3) is 11.8 Å². The number of imide groups is 1. The van der Waals surface area contributed by atoms with E-state index in [1.54, 1.807) is 64.3 Å². The lowest BCUT2D eigenvalue weighted by molar-refractivity contribution is -0.123. The summed E-state index contributed by atoms with van der Waals surface area (Å²) in [4.78, 5) is 81.4. The number of carbonyl (C=O) groups is 3. The number of aliphatic hydroxyl groups is 6. The van der Waals surface area contributed by atoms with Crippen LogP contribution in [0.5, 0.6) is 0 Å². The highest BCUT2D eigenvalue weighted by Gasteiger charge is 2.67. The molecule has 68 heavy (non-hydrogen) atoms. The van der Waals surface area contributed by atoms with Gasteiger partial charge in [-0.05, 0) is 54.8 Å². The van der Waals surface area contributed by atoms with E-state index in [2.05, 4.69) is 29.6 Å². The number of nitrogens with two attached hydrogens (primary N) is 1. The van der Waals surface area contributed by atoms with Crippen LogP contribution in [0.25, 0.3) is 11.2 Å². The lowest BCUT2D eigenvalue weighted by Gasteiger charge is -2.52. The van der Waals surface area contributed by atoms with Crippen molar-refractivity contribution in [1.29, 1.82) is 0 Å². The number of benzene rings is 2. The highest BCUT2D eigenvalue weighted by Crippen LogP contribution is 2.61. The topological polar surface area (TPSA) is 388 Å². The van der Waals surface area contributed by atoms with Gasteiger partial charge in [-0.2, -0.15) is 9.30 Å². The standard InChI is InChI=1S/C39H48N10O17P2/c1-17-8-22-23(9-18(17)2)49-27(52)11-21(19-6-5-7-20(10-19)34(56)46(3)4)39(49)36(44-38(58)45-37(39)57)47(22)12-24(50)29(53)25(51)13-63-67(59,60)66-68(61,62)64-14-26-30(54)31(55)35(65-26)48-16-43-28-32(40)41-15-42-33(28)48/h5-10,15-16,21,24-27,29-31,35,50-55H,11-14H2,1-4H3,(H,59,60)(H,61,62)(H2,40,41,42)(H,45,57,58)/t21-,24-,25+,26+,27+,29-,30+,31+,35+,39-/m0/s1. The Kier molecular flexibility index (Phi) is 13.1. The summed E-state index contributed by atoms with van der Waals surface area (Å²) in [5, 5.41) is 69.0. The van der Waals surface area contributed by atoms with Crippen LogP contribution in [-0.4, -0.2) is 171 Å². The number of β-amino-alcohol motifs (C(OH)–C–C–N with tert-alkyl or cyclic N) is 1. The number of nitrogens with one attached hydrogen (secondary N) is 1. The van der Waals surface area contributed by atoms with Gasteiger partial charge in [-0.25, -0.2) is 28.9 Å². The lowest BCUT2D eigenvalue weighted by Crippen LogP contribution is -2.74. The quantitative estimate of drug-likeness (QED) is 0.0632. The molecule has 1 spiro atoms. The van der Waals surface area contributed by atoms with Gasteiger partial charge < -0.3 is 65.6 Å². The van der Waals surface area contributed by atoms with Gasteiger partial charge >= 0.3 is 21.7 Å². The largest absolute Gasteiger partial charge is 0.481 e. The summed E-state index contributed by atoms with van der Waals surface area (Å²) in [6.07, 6.45) is -11.9. The maximum absolute atomic E-state index is 14.5. The zero-order valence-corrected chi connectivity index (χ0v) is 38.2. The number of hydrogen-bond acceptors (Lipinski definition) is 21. The molecule has 2 aromatic heterocycles. The number of anilines is 3. The van der Waals surface area contributed by atoms with Crippen LogP contribution in [0.1, 0.15) is 45.6 Å². The molecule has 0 radical (unpaired) electrons. The first-order chi connectivity index (χ1) is 31.9. The fourth-order valence-electron chi connectivity index (χ4n) is 8.88. The first kappa shape index (κ1) is 49.1. The van der Waals surface area contributed by atoms with E-state index in [0.717, 1.165) is 11.9 Å². The van der Waals surface area contributed by atoms with Crippen LogP contribution in [0, 0.1) is 13.8 Å². The minimum Gasteiger partial charge on any atom is -0.388 e. The molecule has 29 heteroatoms. The summed E-state index contributed by atoms with van der Waals surface area (Å²) in [6, 6.07) is 8.63. The molecule has 2 fully saturated rings. The third kappa shape index (κ3) is 8.68. The number of aryl methyl sites for hydroxylation is 2. The average Bonchev–Trinajstić information content (AvgIpc) is 3.94. The van der Waals surface area contributed by atoms with Crippen LogP contribution < -0.4 is 20.9 Å². The normalized spacial score (nSPS) is 27.6. The molecule has 2 aromatic carbocycles. The van der Waals surface area contributed by atoms with E-state index in [-0.39, 0.29) is 52.1 Å². The molecule has 8 rings (SSSR count). The monoisotopic (exact) mass is 990 g/mol. The van der Waals surface area contributed by atoms with Crippen LogP contribution in [0.4, 0.5) is 22.0 Å². The molecule has 366 valence electrons. The zero-order chi connectivity index (χ0) is 49.4. The number of fused-ring (bicyclic) bond motifs is 3. The summed E-state index contributed by atoms with van der Waals surface area (Å²) in [7, 11) is -8.09. The van der Waals surface area contributed by atoms with Crippen LogP contribution >= 0.6 is 15.6 Å². The van der Waals surface area contributed by atoms with E-state index in [4.69, 9.17) is 19.5 Å². The number of urea groups is 1. The van der Waals surface area contributed by atoms with Gasteiger partial charge in [0.15, 0.2) is 29.1 Å². The molecule has 11 N–H and O–H groups in total. The molecule has 4 aliphatic rings. The number of aliphatic hydroxyl groups excluding tert-OH is 6. The molecule has 6 heterocycles. The van der Waals surface area contributed by atoms with Gasteiger partial charge in [-0.1, -0.05) is 12.1 Å². The fraction of sp³-hybridized carbons (Fsp3) is 0.462. The highest BCUT2D eigenvalue weighted by atomic mass is 31.3. The van der Waals surface area contributed by atoms with Crippen LogP contribution in [0.15, 0.2) is 54.0 Å². The van der Waals surface area contributed by atoms with Crippen molar-refractivity contribution in [2.45, 2.75) is 80.8 Å². The third-order valence-electron chi connectivity index (χ3n) is 12.3. The Morgan fingerprint density at radius 1 is 0.985 bits per heavy atom. The predicted molar refractivity (Wildman–Crippen MR) is 234 cm³/mol. The van der Waals surface area contributed by atoms with Crippen molar-refractivity contribution in [1.82, 2.24) is 29.7 Å². The number of carbonyl (C=O) groups excluding carboxylic acids is 3. The second kappa shape index (κ2) is 18.2. The number of phosphoric ester groups is 2. The number of amides is 4. The van der Waals surface area contributed by atoms with Gasteiger partial charge in [-0.3, -0.25) is 28.5 Å². The number of amidine groups is 1. The van der Waals surface area contributed by atoms with Crippen LogP contribution in [0.3, 0.4) is 0 Å². The molecule has 4 aromatic rings. The number of nitrogens with zero attached hydrogens (tertiary/aromatic N) is 8. The van der Waals surface area contributed by atoms with E-state index in [0.29, 0.717) is 11.1 Å². The molecule has 12 atom stereocenters. The molecule has 4 aliphatic heterocycles. The number of ether oxygens (including phenoxy) is 1. The second-order valence-electron chi connectivity index (χ2n) is 16.8. The first-order valence-electron chi connectivity index (χ1n) is 20.7. The Labute approximate surface area is 385 Å². The Morgan fingerprint density at radius 2 is 1.68 bits per heavy atom. The molecule has 2 saturated heterocycles. The molecule has 4 amide bonds. The SMILES string of the molecule is Cc1cc2c(cc1C)N1[C@H](O)C[C@@H](c3cccc(C(=O)N(C)C)c3)[C@]13C(=O)NC(=O)N=C3N2C[C@H](O)[C@H](O)[C@H](O)COP(=O)(O)OP(=O)(O)OC[C@H]1O[C@@H](n2cnc3c(N)ncnc32)[C@H](O)[C@@H]1O. The number of rotatable bonds is 15. The van der Waals surface area contributed by atoms with Crippen molar-refractivity contribution in [2.24, 2.45) is 4.99 Å². The average molecular weight is 991 g/mol. The summed E-state index contributed by atoms with van der Waals surface area (Å²) in [6.45, 7) is 0.542. The first-order valence-corrected chi connectivity index (χ1v) is 23.7. The summed E-state index contributed by atoms with van der Waals surface area (Å²) in [5.41, 5.74) is 6.67. The minimum atomic E-state index is -5.65. The highest BCUT2D eigenvalue weighted by molar-refractivity contribution is 7.61. The summed E-state index contributed by atoms with van der Waals surface area (Å²) in [5.74, 6) is -2.48. The number of imidazole rings is 1. The minimum absolute atomic E-state index is 0.0156. The zero-order valence-electron chi connectivity index (χ0n) is 36.4. The molecule has 2 unspecified atom stereocenters. The molecule has 0 aliphatic carbocycles. The van der Waals surface area contributed by atoms with Crippen molar-refractivity contribution in [2.75, 3.05) is 49.4 Å². The maximum atomic E-state index is 14.5. The van der Waals surface area contributed by atoms with Crippen molar-refractivity contribution < 1.29 is 82.0 Å². The molecule has 27 nitrogen and oxygen atoms in total. The van der Waals surface area contributed by atoms with Crippen molar-refractivity contribution in [3.8, 4) is 0 Å². The number of aromatic nitrogens is 4. The molecule has 0 bridgehead atoms. The Morgan fingerprint density at radius 3 is 2.38 bits per heavy atom. The van der Waals surface area contributed by atoms with Gasteiger partial charge in [0.2, 0.25) is 0 Å². The summed E-state index contributed by atoms with van der Waals surface area (Å²) >= 11 is 0. The van der Waals surface area contributed by atoms with Crippen molar-refractivity contribution in [3.05, 3.63) is 71.3 Å². The number of hydrogen-bond donors (Lipinski definition) is 10. The van der Waals surface area contributed by atoms with E-state index in [1.807, 2.05) is 0 Å². The molecular weight excluding hydrogens is 942 g/mol. The van der Waals surface area contributed by atoms with Crippen molar-refractivity contribution >= 4 is 67.7 Å². The van der Waals surface area contributed by atoms with Gasteiger partial charge in [0.1, 0.15) is 54.7 Å². The number of aliphatic imine (C=N–C) groups is 1. The van der Waals surface area contributed by atoms with E-state index in [1.165, 1.54) is 25.6 Å². The van der Waals surface area contributed by atoms with Gasteiger partial charge in [0.05, 0.1) is 37.5 Å². The second-order valence-corrected chi connectivity index (χ2v) is 19.9. The maximum Gasteiger partial charge on any atom is 0.481 e. The third-order valence-corrected chi connectivity index (χ3v) is 14.9. The van der Waals surface area contributed by atoms with E-state index < -0.39 is 108 Å². The lowest BCUT2D eigenvalue weighted by atomic mass is 9.75. The van der Waals surface area contributed by atoms with Gasteiger partial charge in [0, 0.05) is 32.0 Å². The smallest absolute Gasteiger partial charge is 0.388 e. The molecular formula is C39H48N10O17P2. The molecule has 0 saturated carbocycles. The summed E-state index contributed by atoms with van der Waals surface area (Å²) < 4.78 is 46.3.